The van der Waals surface area contributed by atoms with Crippen LogP contribution in [0.4, 0.5) is 0 Å². The predicted molar refractivity (Wildman–Crippen MR) is 70.0 cm³/mol. The zero-order chi connectivity index (χ0) is 13.9. The molecule has 0 bridgehead atoms. The third kappa shape index (κ3) is 3.99. The van der Waals surface area contributed by atoms with Crippen LogP contribution in [0.5, 0.6) is 0 Å². The van der Waals surface area contributed by atoms with Gasteiger partial charge in [0.25, 0.3) is 0 Å². The molecule has 1 saturated heterocycles. The van der Waals surface area contributed by atoms with E-state index in [4.69, 9.17) is 4.52 Å². The van der Waals surface area contributed by atoms with Crippen LogP contribution in [-0.2, 0) is 23.0 Å². The van der Waals surface area contributed by atoms with Crippen molar-refractivity contribution in [2.45, 2.75) is 26.3 Å². The van der Waals surface area contributed by atoms with Gasteiger partial charge in [0.2, 0.25) is 15.9 Å². The summed E-state index contributed by atoms with van der Waals surface area (Å²) in [5, 5.41) is 3.86. The SMILES string of the molecule is CCc1noc(CN2CCCN(S(C)(=O)=O)CC2)n1. The monoisotopic (exact) mass is 288 g/mol. The number of nitrogens with zero attached hydrogens (tertiary/aromatic N) is 4. The second kappa shape index (κ2) is 5.98. The second-order valence-electron chi connectivity index (χ2n) is 4.75. The van der Waals surface area contributed by atoms with Gasteiger partial charge in [-0.25, -0.2) is 12.7 Å². The molecule has 0 aromatic carbocycles. The molecule has 1 aliphatic heterocycles. The lowest BCUT2D eigenvalue weighted by Crippen LogP contribution is -2.34. The maximum atomic E-state index is 11.5. The minimum Gasteiger partial charge on any atom is -0.338 e. The first-order chi connectivity index (χ1) is 8.99. The first kappa shape index (κ1) is 14.4. The molecule has 8 heteroatoms. The van der Waals surface area contributed by atoms with Crippen LogP contribution in [0.3, 0.4) is 0 Å². The van der Waals surface area contributed by atoms with E-state index < -0.39 is 10.0 Å². The number of sulfonamides is 1. The standard InChI is InChI=1S/C11H20N4O3S/c1-3-10-12-11(18-13-10)9-14-5-4-6-15(8-7-14)19(2,16)17/h3-9H2,1-2H3. The van der Waals surface area contributed by atoms with Crippen molar-refractivity contribution in [2.24, 2.45) is 0 Å². The molecular weight excluding hydrogens is 268 g/mol. The van der Waals surface area contributed by atoms with E-state index >= 15 is 0 Å². The molecule has 1 aliphatic rings. The van der Waals surface area contributed by atoms with Gasteiger partial charge in [-0.1, -0.05) is 12.1 Å². The van der Waals surface area contributed by atoms with E-state index in [1.54, 1.807) is 0 Å². The van der Waals surface area contributed by atoms with E-state index in [2.05, 4.69) is 15.0 Å². The van der Waals surface area contributed by atoms with E-state index in [1.165, 1.54) is 10.6 Å². The van der Waals surface area contributed by atoms with Crippen LogP contribution in [0.1, 0.15) is 25.1 Å². The van der Waals surface area contributed by atoms with Crippen molar-refractivity contribution >= 4 is 10.0 Å². The Kier molecular flexibility index (Phi) is 4.54. The van der Waals surface area contributed by atoms with E-state index in [-0.39, 0.29) is 0 Å². The number of hydrogen-bond acceptors (Lipinski definition) is 6. The van der Waals surface area contributed by atoms with Crippen LogP contribution in [0.2, 0.25) is 0 Å². The third-order valence-electron chi connectivity index (χ3n) is 3.20. The van der Waals surface area contributed by atoms with Crippen molar-refractivity contribution in [3.05, 3.63) is 11.7 Å². The summed E-state index contributed by atoms with van der Waals surface area (Å²) in [7, 11) is -3.09. The lowest BCUT2D eigenvalue weighted by atomic mass is 10.4. The maximum Gasteiger partial charge on any atom is 0.240 e. The Hall–Kier alpha value is -0.990. The highest BCUT2D eigenvalue weighted by Crippen LogP contribution is 2.10. The summed E-state index contributed by atoms with van der Waals surface area (Å²) in [5.74, 6) is 1.31. The predicted octanol–water partition coefficient (Wildman–Crippen LogP) is 0.0993. The summed E-state index contributed by atoms with van der Waals surface area (Å²) in [4.78, 5) is 6.42. The molecule has 1 aromatic rings. The highest BCUT2D eigenvalue weighted by atomic mass is 32.2. The maximum absolute atomic E-state index is 11.5. The van der Waals surface area contributed by atoms with Crippen LogP contribution >= 0.6 is 0 Å². The molecule has 2 heterocycles. The Morgan fingerprint density at radius 1 is 1.26 bits per heavy atom. The van der Waals surface area contributed by atoms with Crippen molar-refractivity contribution in [3.8, 4) is 0 Å². The average molecular weight is 288 g/mol. The van der Waals surface area contributed by atoms with Crippen LogP contribution in [0.15, 0.2) is 4.52 Å². The number of aromatic nitrogens is 2. The molecule has 0 radical (unpaired) electrons. The molecule has 0 aliphatic carbocycles. The molecule has 0 spiro atoms. The van der Waals surface area contributed by atoms with E-state index in [1.807, 2.05) is 6.92 Å². The van der Waals surface area contributed by atoms with Gasteiger partial charge in [-0.3, -0.25) is 4.90 Å². The lowest BCUT2D eigenvalue weighted by molar-refractivity contribution is 0.235. The third-order valence-corrected chi connectivity index (χ3v) is 4.50. The minimum atomic E-state index is -3.09. The molecule has 2 rings (SSSR count). The van der Waals surface area contributed by atoms with Gasteiger partial charge < -0.3 is 4.52 Å². The quantitative estimate of drug-likeness (QED) is 0.782. The fourth-order valence-electron chi connectivity index (χ4n) is 2.13. The smallest absolute Gasteiger partial charge is 0.240 e. The van der Waals surface area contributed by atoms with Crippen LogP contribution in [0, 0.1) is 0 Å². The Morgan fingerprint density at radius 3 is 2.68 bits per heavy atom. The van der Waals surface area contributed by atoms with Crippen molar-refractivity contribution < 1.29 is 12.9 Å². The molecule has 0 N–H and O–H groups in total. The summed E-state index contributed by atoms with van der Waals surface area (Å²) >= 11 is 0. The van der Waals surface area contributed by atoms with Gasteiger partial charge in [-0.2, -0.15) is 4.98 Å². The van der Waals surface area contributed by atoms with Gasteiger partial charge in [0.05, 0.1) is 12.8 Å². The van der Waals surface area contributed by atoms with Gasteiger partial charge in [0.15, 0.2) is 5.82 Å². The van der Waals surface area contributed by atoms with E-state index in [9.17, 15) is 8.42 Å². The zero-order valence-corrected chi connectivity index (χ0v) is 12.2. The first-order valence-electron chi connectivity index (χ1n) is 6.48. The average Bonchev–Trinajstić information content (AvgIpc) is 2.65. The Morgan fingerprint density at radius 2 is 2.05 bits per heavy atom. The molecular formula is C11H20N4O3S. The normalized spacial score (nSPS) is 19.5. The topological polar surface area (TPSA) is 79.5 Å². The van der Waals surface area contributed by atoms with Crippen molar-refractivity contribution in [2.75, 3.05) is 32.4 Å². The first-order valence-corrected chi connectivity index (χ1v) is 8.33. The van der Waals surface area contributed by atoms with Crippen LogP contribution in [-0.4, -0.2) is 60.2 Å². The number of rotatable bonds is 4. The fraction of sp³-hybridized carbons (Fsp3) is 0.818. The van der Waals surface area contributed by atoms with Gasteiger partial charge in [0.1, 0.15) is 0 Å². The highest BCUT2D eigenvalue weighted by molar-refractivity contribution is 7.88. The molecule has 0 atom stereocenters. The molecule has 0 saturated carbocycles. The van der Waals surface area contributed by atoms with E-state index in [0.717, 1.165) is 19.4 Å². The Balaban J connectivity index is 1.92. The Bertz CT molecular complexity index is 514. The lowest BCUT2D eigenvalue weighted by Gasteiger charge is -2.18. The minimum absolute atomic E-state index is 0.521. The Labute approximate surface area is 113 Å². The number of hydrogen-bond donors (Lipinski definition) is 0. The molecule has 0 unspecified atom stereocenters. The molecule has 0 amide bonds. The molecule has 7 nitrogen and oxygen atoms in total. The van der Waals surface area contributed by atoms with Crippen molar-refractivity contribution in [1.82, 2.24) is 19.3 Å². The van der Waals surface area contributed by atoms with Crippen molar-refractivity contribution in [1.29, 1.82) is 0 Å². The van der Waals surface area contributed by atoms with Gasteiger partial charge in [0, 0.05) is 26.1 Å². The molecule has 108 valence electrons. The summed E-state index contributed by atoms with van der Waals surface area (Å²) in [6.45, 7) is 5.20. The zero-order valence-electron chi connectivity index (χ0n) is 11.4. The van der Waals surface area contributed by atoms with Gasteiger partial charge in [-0.15, -0.1) is 0 Å². The second-order valence-corrected chi connectivity index (χ2v) is 6.73. The van der Waals surface area contributed by atoms with Crippen molar-refractivity contribution in [3.63, 3.8) is 0 Å². The fourth-order valence-corrected chi connectivity index (χ4v) is 3.00. The highest BCUT2D eigenvalue weighted by Gasteiger charge is 2.22. The molecule has 19 heavy (non-hydrogen) atoms. The summed E-state index contributed by atoms with van der Waals surface area (Å²) in [6, 6.07) is 0. The van der Waals surface area contributed by atoms with E-state index in [0.29, 0.717) is 37.9 Å². The van der Waals surface area contributed by atoms with Crippen LogP contribution in [0.25, 0.3) is 0 Å². The van der Waals surface area contributed by atoms with Crippen LogP contribution < -0.4 is 0 Å². The van der Waals surface area contributed by atoms with Gasteiger partial charge in [-0.05, 0) is 13.0 Å². The van der Waals surface area contributed by atoms with Gasteiger partial charge >= 0.3 is 0 Å². The number of aryl methyl sites for hydroxylation is 1. The molecule has 1 aromatic heterocycles. The largest absolute Gasteiger partial charge is 0.338 e. The molecule has 1 fully saturated rings. The summed E-state index contributed by atoms with van der Waals surface area (Å²) in [5.41, 5.74) is 0. The summed E-state index contributed by atoms with van der Waals surface area (Å²) < 4.78 is 29.7. The summed E-state index contributed by atoms with van der Waals surface area (Å²) in [6.07, 6.45) is 2.83.